The van der Waals surface area contributed by atoms with E-state index in [2.05, 4.69) is 5.10 Å². The van der Waals surface area contributed by atoms with E-state index in [9.17, 15) is 4.79 Å². The van der Waals surface area contributed by atoms with Crippen molar-refractivity contribution in [1.82, 2.24) is 9.78 Å². The van der Waals surface area contributed by atoms with E-state index in [1.165, 1.54) is 0 Å². The van der Waals surface area contributed by atoms with E-state index in [0.29, 0.717) is 6.67 Å². The summed E-state index contributed by atoms with van der Waals surface area (Å²) in [4.78, 5) is 14.1. The standard InChI is InChI=1S/C15H18ClN3O/c1-11-5-6-12(2)14(9-11)19(15(20)13(3)16)10-18-8-4-7-17-18/h4-9,13H,10H2,1-3H3. The highest BCUT2D eigenvalue weighted by molar-refractivity contribution is 6.32. The second-order valence-corrected chi connectivity index (χ2v) is 5.51. The van der Waals surface area contributed by atoms with Crippen LogP contribution in [0.25, 0.3) is 0 Å². The second-order valence-electron chi connectivity index (χ2n) is 4.86. The van der Waals surface area contributed by atoms with E-state index < -0.39 is 5.38 Å². The third-order valence-corrected chi connectivity index (χ3v) is 3.29. The Balaban J connectivity index is 2.40. The third kappa shape index (κ3) is 3.20. The van der Waals surface area contributed by atoms with E-state index in [1.807, 2.05) is 44.3 Å². The lowest BCUT2D eigenvalue weighted by atomic mass is 10.1. The first-order valence-corrected chi connectivity index (χ1v) is 6.93. The van der Waals surface area contributed by atoms with Gasteiger partial charge in [0.05, 0.1) is 0 Å². The fourth-order valence-corrected chi connectivity index (χ4v) is 2.14. The maximum Gasteiger partial charge on any atom is 0.246 e. The summed E-state index contributed by atoms with van der Waals surface area (Å²) >= 11 is 5.98. The Morgan fingerprint density at radius 1 is 1.45 bits per heavy atom. The van der Waals surface area contributed by atoms with Gasteiger partial charge in [0, 0.05) is 18.1 Å². The molecule has 1 atom stereocenters. The number of hydrogen-bond donors (Lipinski definition) is 0. The topological polar surface area (TPSA) is 38.1 Å². The van der Waals surface area contributed by atoms with Crippen LogP contribution in [0.15, 0.2) is 36.7 Å². The summed E-state index contributed by atoms with van der Waals surface area (Å²) in [5.41, 5.74) is 3.01. The minimum absolute atomic E-state index is 0.129. The lowest BCUT2D eigenvalue weighted by Gasteiger charge is -2.26. The molecule has 1 aromatic heterocycles. The number of anilines is 1. The van der Waals surface area contributed by atoms with Crippen LogP contribution in [0.3, 0.4) is 0 Å². The van der Waals surface area contributed by atoms with Crippen molar-refractivity contribution >= 4 is 23.2 Å². The van der Waals surface area contributed by atoms with Gasteiger partial charge in [-0.25, -0.2) is 0 Å². The quantitative estimate of drug-likeness (QED) is 0.812. The molecule has 0 aliphatic carbocycles. The second kappa shape index (κ2) is 6.09. The van der Waals surface area contributed by atoms with Crippen molar-refractivity contribution in [1.29, 1.82) is 0 Å². The fraction of sp³-hybridized carbons (Fsp3) is 0.333. The van der Waals surface area contributed by atoms with Crippen molar-refractivity contribution in [3.8, 4) is 0 Å². The fourth-order valence-electron chi connectivity index (χ4n) is 2.02. The van der Waals surface area contributed by atoms with Gasteiger partial charge in [-0.3, -0.25) is 14.4 Å². The van der Waals surface area contributed by atoms with Gasteiger partial charge < -0.3 is 0 Å². The van der Waals surface area contributed by atoms with Crippen molar-refractivity contribution in [2.75, 3.05) is 4.90 Å². The minimum Gasteiger partial charge on any atom is -0.291 e. The van der Waals surface area contributed by atoms with Gasteiger partial charge in [-0.05, 0) is 44.0 Å². The average molecular weight is 292 g/mol. The van der Waals surface area contributed by atoms with Gasteiger partial charge in [-0.1, -0.05) is 12.1 Å². The molecule has 1 amide bonds. The maximum absolute atomic E-state index is 12.4. The van der Waals surface area contributed by atoms with Crippen LogP contribution in [0.2, 0.25) is 0 Å². The predicted octanol–water partition coefficient (Wildman–Crippen LogP) is 3.12. The number of benzene rings is 1. The van der Waals surface area contributed by atoms with Crippen LogP contribution in [0.4, 0.5) is 5.69 Å². The molecule has 2 aromatic rings. The summed E-state index contributed by atoms with van der Waals surface area (Å²) in [6, 6.07) is 7.86. The molecule has 20 heavy (non-hydrogen) atoms. The Bertz CT molecular complexity index is 593. The molecule has 4 nitrogen and oxygen atoms in total. The lowest BCUT2D eigenvalue weighted by Crippen LogP contribution is -2.38. The van der Waals surface area contributed by atoms with Crippen molar-refractivity contribution < 1.29 is 4.79 Å². The molecule has 0 fully saturated rings. The summed E-state index contributed by atoms with van der Waals surface area (Å²) in [6.45, 7) is 6.03. The zero-order chi connectivity index (χ0) is 14.7. The molecular weight excluding hydrogens is 274 g/mol. The van der Waals surface area contributed by atoms with E-state index >= 15 is 0 Å². The van der Waals surface area contributed by atoms with Crippen LogP contribution >= 0.6 is 11.6 Å². The first kappa shape index (κ1) is 14.6. The summed E-state index contributed by atoms with van der Waals surface area (Å²) < 4.78 is 1.71. The maximum atomic E-state index is 12.4. The van der Waals surface area contributed by atoms with Crippen molar-refractivity contribution in [2.45, 2.75) is 32.8 Å². The van der Waals surface area contributed by atoms with E-state index in [1.54, 1.807) is 22.7 Å². The molecule has 1 unspecified atom stereocenters. The van der Waals surface area contributed by atoms with Crippen molar-refractivity contribution in [2.24, 2.45) is 0 Å². The first-order valence-electron chi connectivity index (χ1n) is 6.49. The number of aromatic nitrogens is 2. The van der Waals surface area contributed by atoms with Gasteiger partial charge in [0.25, 0.3) is 0 Å². The van der Waals surface area contributed by atoms with Gasteiger partial charge in [0.1, 0.15) is 12.0 Å². The van der Waals surface area contributed by atoms with Crippen LogP contribution in [-0.2, 0) is 11.5 Å². The van der Waals surface area contributed by atoms with E-state index in [0.717, 1.165) is 16.8 Å². The molecule has 1 heterocycles. The number of rotatable bonds is 4. The summed E-state index contributed by atoms with van der Waals surface area (Å²) in [5.74, 6) is -0.129. The number of nitrogens with zero attached hydrogens (tertiary/aromatic N) is 3. The SMILES string of the molecule is Cc1ccc(C)c(N(Cn2cccn2)C(=O)C(C)Cl)c1. The van der Waals surface area contributed by atoms with Gasteiger partial charge in [0.15, 0.2) is 0 Å². The Kier molecular flexibility index (Phi) is 4.45. The smallest absolute Gasteiger partial charge is 0.246 e. The molecule has 0 saturated carbocycles. The van der Waals surface area contributed by atoms with Crippen LogP contribution in [0, 0.1) is 13.8 Å². The molecule has 0 aliphatic heterocycles. The zero-order valence-electron chi connectivity index (χ0n) is 11.9. The van der Waals surface area contributed by atoms with Gasteiger partial charge in [-0.2, -0.15) is 5.10 Å². The predicted molar refractivity (Wildman–Crippen MR) is 80.9 cm³/mol. The molecule has 1 aromatic carbocycles. The van der Waals surface area contributed by atoms with Gasteiger partial charge >= 0.3 is 0 Å². The monoisotopic (exact) mass is 291 g/mol. The van der Waals surface area contributed by atoms with Crippen LogP contribution in [0.5, 0.6) is 0 Å². The highest BCUT2D eigenvalue weighted by Gasteiger charge is 2.22. The molecule has 106 valence electrons. The Morgan fingerprint density at radius 3 is 2.80 bits per heavy atom. The van der Waals surface area contributed by atoms with Gasteiger partial charge in [0.2, 0.25) is 5.91 Å². The molecule has 0 N–H and O–H groups in total. The first-order chi connectivity index (χ1) is 9.49. The number of hydrogen-bond acceptors (Lipinski definition) is 2. The highest BCUT2D eigenvalue weighted by atomic mass is 35.5. The van der Waals surface area contributed by atoms with Crippen LogP contribution < -0.4 is 4.90 Å². The number of carbonyl (C=O) groups is 1. The van der Waals surface area contributed by atoms with Gasteiger partial charge in [-0.15, -0.1) is 11.6 Å². The third-order valence-electron chi connectivity index (χ3n) is 3.11. The summed E-state index contributed by atoms with van der Waals surface area (Å²) in [5, 5.41) is 3.58. The number of aryl methyl sites for hydroxylation is 2. The molecule has 0 bridgehead atoms. The van der Waals surface area contributed by atoms with Crippen molar-refractivity contribution in [3.05, 3.63) is 47.8 Å². The summed E-state index contributed by atoms with van der Waals surface area (Å²) in [6.07, 6.45) is 3.51. The highest BCUT2D eigenvalue weighted by Crippen LogP contribution is 2.23. The number of carbonyl (C=O) groups excluding carboxylic acids is 1. The van der Waals surface area contributed by atoms with E-state index in [-0.39, 0.29) is 5.91 Å². The average Bonchev–Trinajstić information content (AvgIpc) is 2.91. The van der Waals surface area contributed by atoms with Crippen LogP contribution in [-0.4, -0.2) is 21.1 Å². The molecule has 0 spiro atoms. The molecule has 0 radical (unpaired) electrons. The Hall–Kier alpha value is -1.81. The van der Waals surface area contributed by atoms with E-state index in [4.69, 9.17) is 11.6 Å². The minimum atomic E-state index is -0.578. The largest absolute Gasteiger partial charge is 0.291 e. The number of alkyl halides is 1. The molecule has 2 rings (SSSR count). The lowest BCUT2D eigenvalue weighted by molar-refractivity contribution is -0.118. The molecule has 0 saturated heterocycles. The van der Waals surface area contributed by atoms with Crippen molar-refractivity contribution in [3.63, 3.8) is 0 Å². The zero-order valence-corrected chi connectivity index (χ0v) is 12.6. The Labute approximate surface area is 124 Å². The number of halogens is 1. The normalized spacial score (nSPS) is 12.2. The van der Waals surface area contributed by atoms with Crippen LogP contribution in [0.1, 0.15) is 18.1 Å². The molecule has 5 heteroatoms. The molecular formula is C15H18ClN3O. The molecule has 0 aliphatic rings. The summed E-state index contributed by atoms with van der Waals surface area (Å²) in [7, 11) is 0. The Morgan fingerprint density at radius 2 is 2.20 bits per heavy atom. The number of amides is 1.